The minimum absolute atomic E-state index is 0.0489. The van der Waals surface area contributed by atoms with Gasteiger partial charge < -0.3 is 14.6 Å². The minimum atomic E-state index is -3.99. The lowest BCUT2D eigenvalue weighted by Crippen LogP contribution is -2.30. The molecule has 0 amide bonds. The summed E-state index contributed by atoms with van der Waals surface area (Å²) < 4.78 is 51.2. The van der Waals surface area contributed by atoms with Crippen LogP contribution < -0.4 is 9.46 Å². The molecule has 0 bridgehead atoms. The molecular weight excluding hydrogens is 357 g/mol. The Balaban J connectivity index is 2.17. The van der Waals surface area contributed by atoms with Gasteiger partial charge in [0.05, 0.1) is 20.3 Å². The molecule has 2 N–H and O–H groups in total. The number of aliphatic hydroxyl groups excluding tert-OH is 1. The van der Waals surface area contributed by atoms with E-state index in [1.807, 2.05) is 17.5 Å². The van der Waals surface area contributed by atoms with Gasteiger partial charge in [-0.1, -0.05) is 6.07 Å². The fraction of sp³-hybridized carbons (Fsp3) is 0.333. The highest BCUT2D eigenvalue weighted by Gasteiger charge is 2.23. The second kappa shape index (κ2) is 8.54. The highest BCUT2D eigenvalue weighted by atomic mass is 32.2. The van der Waals surface area contributed by atoms with Crippen molar-refractivity contribution in [1.82, 2.24) is 4.72 Å². The number of rotatable bonds is 9. The zero-order chi connectivity index (χ0) is 17.6. The molecule has 6 nitrogen and oxygen atoms in total. The number of hydrogen-bond donors (Lipinski definition) is 2. The van der Waals surface area contributed by atoms with E-state index in [-0.39, 0.29) is 30.4 Å². The van der Waals surface area contributed by atoms with Crippen molar-refractivity contribution in [2.75, 3.05) is 26.9 Å². The van der Waals surface area contributed by atoms with Crippen molar-refractivity contribution < 1.29 is 27.4 Å². The molecule has 0 spiro atoms. The number of sulfonamides is 1. The van der Waals surface area contributed by atoms with Crippen molar-refractivity contribution in [2.45, 2.75) is 11.0 Å². The summed E-state index contributed by atoms with van der Waals surface area (Å²) in [4.78, 5) is 0.537. The fourth-order valence-corrected chi connectivity index (χ4v) is 4.02. The van der Waals surface area contributed by atoms with Gasteiger partial charge in [0.25, 0.3) is 0 Å². The van der Waals surface area contributed by atoms with Gasteiger partial charge in [0.15, 0.2) is 0 Å². The summed E-state index contributed by atoms with van der Waals surface area (Å²) in [6.45, 7) is -0.150. The molecule has 0 fully saturated rings. The molecule has 2 aromatic rings. The Hall–Kier alpha value is -1.52. The number of thiophene rings is 1. The number of halogens is 1. The van der Waals surface area contributed by atoms with E-state index in [4.69, 9.17) is 14.6 Å². The first-order valence-corrected chi connectivity index (χ1v) is 9.43. The average Bonchev–Trinajstić information content (AvgIpc) is 3.09. The van der Waals surface area contributed by atoms with Gasteiger partial charge in [-0.05, 0) is 29.6 Å². The number of methoxy groups -OCH3 is 1. The van der Waals surface area contributed by atoms with Crippen LogP contribution >= 0.6 is 11.3 Å². The van der Waals surface area contributed by atoms with Gasteiger partial charge in [0.1, 0.15) is 22.6 Å². The molecule has 1 aromatic heterocycles. The van der Waals surface area contributed by atoms with E-state index >= 15 is 0 Å². The Kier molecular flexibility index (Phi) is 6.69. The monoisotopic (exact) mass is 375 g/mol. The summed E-state index contributed by atoms with van der Waals surface area (Å²) in [6, 6.07) is 6.90. The molecule has 0 aliphatic rings. The van der Waals surface area contributed by atoms with Crippen LogP contribution in [0.2, 0.25) is 0 Å². The Morgan fingerprint density at radius 3 is 2.79 bits per heavy atom. The molecule has 0 aliphatic carbocycles. The number of hydrogen-bond acceptors (Lipinski definition) is 6. The number of ether oxygens (including phenoxy) is 2. The first kappa shape index (κ1) is 18.8. The van der Waals surface area contributed by atoms with Crippen LogP contribution in [0.3, 0.4) is 0 Å². The highest BCUT2D eigenvalue weighted by molar-refractivity contribution is 7.89. The fourth-order valence-electron chi connectivity index (χ4n) is 2.03. The van der Waals surface area contributed by atoms with Crippen molar-refractivity contribution in [3.05, 3.63) is 46.4 Å². The third-order valence-corrected chi connectivity index (χ3v) is 5.55. The standard InChI is InChI=1S/C15H18FNO5S2/c1-21-12-5-4-11(16)9-15(12)24(19,20)17-10-13(22-7-6-18)14-3-2-8-23-14/h2-5,8-9,13,17-18H,6-7,10H2,1H3/t13-/m1/s1. The Morgan fingerprint density at radius 2 is 2.17 bits per heavy atom. The summed E-state index contributed by atoms with van der Waals surface area (Å²) in [6.07, 6.45) is -0.550. The van der Waals surface area contributed by atoms with Crippen molar-refractivity contribution in [3.63, 3.8) is 0 Å². The molecule has 1 heterocycles. The molecular formula is C15H18FNO5S2. The van der Waals surface area contributed by atoms with Crippen molar-refractivity contribution in [2.24, 2.45) is 0 Å². The van der Waals surface area contributed by atoms with Crippen LogP contribution in [-0.4, -0.2) is 40.4 Å². The maximum atomic E-state index is 13.4. The van der Waals surface area contributed by atoms with Crippen LogP contribution in [0, 0.1) is 5.82 Å². The van der Waals surface area contributed by atoms with Crippen LogP contribution in [0.1, 0.15) is 11.0 Å². The molecule has 9 heteroatoms. The van der Waals surface area contributed by atoms with Crippen LogP contribution in [-0.2, 0) is 14.8 Å². The number of benzene rings is 1. The maximum Gasteiger partial charge on any atom is 0.244 e. The molecule has 1 atom stereocenters. The van der Waals surface area contributed by atoms with Crippen molar-refractivity contribution in [3.8, 4) is 5.75 Å². The highest BCUT2D eigenvalue weighted by Crippen LogP contribution is 2.26. The molecule has 0 radical (unpaired) electrons. The molecule has 0 aliphatic heterocycles. The van der Waals surface area contributed by atoms with Crippen molar-refractivity contribution >= 4 is 21.4 Å². The molecule has 0 saturated heterocycles. The first-order valence-electron chi connectivity index (χ1n) is 7.07. The van der Waals surface area contributed by atoms with E-state index < -0.39 is 21.9 Å². The summed E-state index contributed by atoms with van der Waals surface area (Å²) in [5.74, 6) is -0.629. The third kappa shape index (κ3) is 4.74. The summed E-state index contributed by atoms with van der Waals surface area (Å²) in [7, 11) is -2.68. The Labute approximate surface area is 143 Å². The lowest BCUT2D eigenvalue weighted by molar-refractivity contribution is 0.0328. The molecule has 0 unspecified atom stereocenters. The van der Waals surface area contributed by atoms with Crippen LogP contribution in [0.5, 0.6) is 5.75 Å². The van der Waals surface area contributed by atoms with Crippen LogP contribution in [0.25, 0.3) is 0 Å². The summed E-state index contributed by atoms with van der Waals surface area (Å²) in [5.41, 5.74) is 0. The zero-order valence-corrected chi connectivity index (χ0v) is 14.6. The molecule has 132 valence electrons. The SMILES string of the molecule is COc1ccc(F)cc1S(=O)(=O)NC[C@@H](OCCO)c1cccs1. The topological polar surface area (TPSA) is 84.9 Å². The smallest absolute Gasteiger partial charge is 0.244 e. The predicted octanol–water partition coefficient (Wildman–Crippen LogP) is 1.92. The average molecular weight is 375 g/mol. The minimum Gasteiger partial charge on any atom is -0.495 e. The van der Waals surface area contributed by atoms with Gasteiger partial charge in [-0.25, -0.2) is 17.5 Å². The van der Waals surface area contributed by atoms with E-state index in [0.717, 1.165) is 17.0 Å². The molecule has 0 saturated carbocycles. The molecule has 2 rings (SSSR count). The summed E-state index contributed by atoms with van der Waals surface area (Å²) >= 11 is 1.41. The predicted molar refractivity (Wildman–Crippen MR) is 88.2 cm³/mol. The lowest BCUT2D eigenvalue weighted by atomic mass is 10.3. The zero-order valence-electron chi connectivity index (χ0n) is 12.9. The van der Waals surface area contributed by atoms with Gasteiger partial charge in [0.2, 0.25) is 10.0 Å². The quantitative estimate of drug-likeness (QED) is 0.700. The first-order chi connectivity index (χ1) is 11.5. The van der Waals surface area contributed by atoms with Gasteiger partial charge in [0, 0.05) is 11.4 Å². The van der Waals surface area contributed by atoms with E-state index in [1.165, 1.54) is 24.5 Å². The summed E-state index contributed by atoms with van der Waals surface area (Å²) in [5, 5.41) is 10.7. The van der Waals surface area contributed by atoms with E-state index in [9.17, 15) is 12.8 Å². The van der Waals surface area contributed by atoms with E-state index in [1.54, 1.807) is 0 Å². The Morgan fingerprint density at radius 1 is 1.38 bits per heavy atom. The van der Waals surface area contributed by atoms with Gasteiger partial charge >= 0.3 is 0 Å². The van der Waals surface area contributed by atoms with E-state index in [2.05, 4.69) is 4.72 Å². The molecule has 1 aromatic carbocycles. The van der Waals surface area contributed by atoms with Crippen LogP contribution in [0.4, 0.5) is 4.39 Å². The Bertz CT molecular complexity index is 749. The third-order valence-electron chi connectivity index (χ3n) is 3.14. The molecule has 24 heavy (non-hydrogen) atoms. The second-order valence-corrected chi connectivity index (χ2v) is 7.46. The maximum absolute atomic E-state index is 13.4. The second-order valence-electron chi connectivity index (χ2n) is 4.75. The number of aliphatic hydroxyl groups is 1. The van der Waals surface area contributed by atoms with Gasteiger partial charge in [-0.2, -0.15) is 0 Å². The van der Waals surface area contributed by atoms with Crippen LogP contribution in [0.15, 0.2) is 40.6 Å². The van der Waals surface area contributed by atoms with Gasteiger partial charge in [-0.3, -0.25) is 0 Å². The normalized spacial score (nSPS) is 13.0. The lowest BCUT2D eigenvalue weighted by Gasteiger charge is -2.17. The van der Waals surface area contributed by atoms with Crippen molar-refractivity contribution in [1.29, 1.82) is 0 Å². The number of nitrogens with one attached hydrogen (secondary N) is 1. The van der Waals surface area contributed by atoms with Gasteiger partial charge in [-0.15, -0.1) is 11.3 Å². The van der Waals surface area contributed by atoms with E-state index in [0.29, 0.717) is 0 Å². The largest absolute Gasteiger partial charge is 0.495 e.